The summed E-state index contributed by atoms with van der Waals surface area (Å²) in [5.74, 6) is -0.0359. The first-order valence-corrected chi connectivity index (χ1v) is 39.1. The largest absolute Gasteiger partial charge is 0.466 e. The van der Waals surface area contributed by atoms with Gasteiger partial charge in [-0.1, -0.05) is 398 Å². The van der Waals surface area contributed by atoms with Crippen LogP contribution in [-0.2, 0) is 14.3 Å². The summed E-state index contributed by atoms with van der Waals surface area (Å²) in [6, 6.07) is -0.625. The molecule has 2 unspecified atom stereocenters. The van der Waals surface area contributed by atoms with E-state index >= 15 is 0 Å². The van der Waals surface area contributed by atoms with E-state index in [2.05, 4.69) is 31.3 Å². The van der Waals surface area contributed by atoms with Crippen molar-refractivity contribution in [2.24, 2.45) is 0 Å². The van der Waals surface area contributed by atoms with E-state index in [0.717, 1.165) is 38.5 Å². The van der Waals surface area contributed by atoms with Gasteiger partial charge in [-0.15, -0.1) is 0 Å². The first-order chi connectivity index (χ1) is 42.0. The third-order valence-electron chi connectivity index (χ3n) is 18.5. The molecule has 504 valence electrons. The fourth-order valence-corrected chi connectivity index (χ4v) is 12.5. The maximum atomic E-state index is 12.5. The van der Waals surface area contributed by atoms with Gasteiger partial charge in [0, 0.05) is 12.8 Å². The number of hydrogen-bond donors (Lipinski definition) is 3. The fraction of sp³-hybridized carbons (Fsp3) is 0.924. The number of unbranched alkanes of at least 4 members (excludes halogenated alkanes) is 61. The number of rotatable bonds is 74. The summed E-state index contributed by atoms with van der Waals surface area (Å²) in [5.41, 5.74) is 0. The lowest BCUT2D eigenvalue weighted by Gasteiger charge is -2.20. The molecule has 0 aromatic carbocycles. The van der Waals surface area contributed by atoms with E-state index < -0.39 is 12.1 Å². The third kappa shape index (κ3) is 71.3. The highest BCUT2D eigenvalue weighted by molar-refractivity contribution is 5.76. The predicted octanol–water partition coefficient (Wildman–Crippen LogP) is 25.7. The van der Waals surface area contributed by atoms with Crippen LogP contribution >= 0.6 is 0 Å². The number of hydrogen-bond acceptors (Lipinski definition) is 5. The second-order valence-corrected chi connectivity index (χ2v) is 27.0. The Balaban J connectivity index is 3.34. The van der Waals surface area contributed by atoms with Crippen molar-refractivity contribution >= 4 is 11.9 Å². The maximum Gasteiger partial charge on any atom is 0.305 e. The van der Waals surface area contributed by atoms with Gasteiger partial charge in [-0.05, 0) is 57.8 Å². The monoisotopic (exact) mass is 1200 g/mol. The van der Waals surface area contributed by atoms with Gasteiger partial charge in [0.25, 0.3) is 0 Å². The number of carbonyl (C=O) groups is 2. The molecule has 0 aromatic rings. The highest BCUT2D eigenvalue weighted by atomic mass is 16.5. The number of carbonyl (C=O) groups excluding carboxylic acids is 2. The van der Waals surface area contributed by atoms with E-state index in [0.29, 0.717) is 19.4 Å². The van der Waals surface area contributed by atoms with Gasteiger partial charge in [0.1, 0.15) is 0 Å². The van der Waals surface area contributed by atoms with Crippen LogP contribution in [0.4, 0.5) is 0 Å². The normalized spacial score (nSPS) is 12.6. The molecule has 6 nitrogen and oxygen atoms in total. The number of aliphatic hydroxyl groups excluding tert-OH is 2. The van der Waals surface area contributed by atoms with Gasteiger partial charge in [-0.2, -0.15) is 0 Å². The molecule has 2 atom stereocenters. The lowest BCUT2D eigenvalue weighted by Crippen LogP contribution is -2.45. The molecule has 0 fully saturated rings. The van der Waals surface area contributed by atoms with Crippen LogP contribution in [0.2, 0.25) is 0 Å². The molecule has 3 N–H and O–H groups in total. The Bertz CT molecular complexity index is 1330. The number of esters is 1. The summed E-state index contributed by atoms with van der Waals surface area (Å²) in [6.07, 6.45) is 95.9. The molecule has 0 aliphatic rings. The molecule has 85 heavy (non-hydrogen) atoms. The van der Waals surface area contributed by atoms with Gasteiger partial charge < -0.3 is 20.3 Å². The summed E-state index contributed by atoms with van der Waals surface area (Å²) < 4.78 is 5.50. The van der Waals surface area contributed by atoms with Crippen LogP contribution in [0.3, 0.4) is 0 Å². The van der Waals surface area contributed by atoms with Crippen LogP contribution < -0.4 is 5.32 Å². The Labute approximate surface area is 532 Å². The summed E-state index contributed by atoms with van der Waals surface area (Å²) in [5, 5.41) is 23.2. The molecular formula is C79H153NO5. The van der Waals surface area contributed by atoms with Crippen molar-refractivity contribution in [3.8, 4) is 0 Å². The van der Waals surface area contributed by atoms with Gasteiger partial charge in [-0.25, -0.2) is 0 Å². The zero-order valence-corrected chi connectivity index (χ0v) is 57.9. The zero-order valence-electron chi connectivity index (χ0n) is 57.9. The standard InChI is InChI=1S/C79H153NO5/c1-3-5-7-9-11-13-15-17-19-41-44-47-51-55-59-63-67-71-77(82)76(75-81)80-78(83)72-68-64-60-56-52-48-45-42-39-37-35-33-31-29-27-25-23-21-20-22-24-26-28-30-32-34-36-38-40-43-46-50-54-58-62-66-70-74-85-79(84)73-69-65-61-57-53-49-18-16-14-12-10-8-6-4-2/h20,22,67,71,76-77,81-82H,3-19,21,23-66,68-70,72-75H2,1-2H3,(H,80,83)/b22-20-,71-67+. The second-order valence-electron chi connectivity index (χ2n) is 27.0. The summed E-state index contributed by atoms with van der Waals surface area (Å²) >= 11 is 0. The van der Waals surface area contributed by atoms with Crippen molar-refractivity contribution in [3.63, 3.8) is 0 Å². The van der Waals surface area contributed by atoms with Gasteiger partial charge in [-0.3, -0.25) is 9.59 Å². The third-order valence-corrected chi connectivity index (χ3v) is 18.5. The molecule has 0 rings (SSSR count). The zero-order chi connectivity index (χ0) is 61.3. The molecule has 1 amide bonds. The molecule has 0 bridgehead atoms. The Morgan fingerprint density at radius 3 is 0.835 bits per heavy atom. The summed E-state index contributed by atoms with van der Waals surface area (Å²) in [6.45, 7) is 4.95. The van der Waals surface area contributed by atoms with Crippen molar-refractivity contribution in [1.29, 1.82) is 0 Å². The van der Waals surface area contributed by atoms with Crippen molar-refractivity contribution < 1.29 is 24.5 Å². The molecule has 0 spiro atoms. The minimum absolute atomic E-state index is 0.0244. The topological polar surface area (TPSA) is 95.9 Å². The second kappa shape index (κ2) is 74.8. The molecule has 0 aliphatic carbocycles. The number of ether oxygens (including phenoxy) is 1. The van der Waals surface area contributed by atoms with Crippen LogP contribution in [0.15, 0.2) is 24.3 Å². The average molecular weight is 1200 g/mol. The molecule has 0 heterocycles. The van der Waals surface area contributed by atoms with Crippen LogP contribution in [-0.4, -0.2) is 47.4 Å². The van der Waals surface area contributed by atoms with Crippen LogP contribution in [0.25, 0.3) is 0 Å². The molecule has 6 heteroatoms. The fourth-order valence-electron chi connectivity index (χ4n) is 12.5. The SMILES string of the molecule is CCCCCCCCCCCCCCCCC/C=C/C(O)C(CO)NC(=O)CCCCCCCCCCCCCCCCCCC/C=C\CCCCCCCCCCCCCCCCCCOC(=O)CCCCCCCCCCCCCCCC. The Hall–Kier alpha value is -1.66. The van der Waals surface area contributed by atoms with Crippen molar-refractivity contribution in [3.05, 3.63) is 24.3 Å². The molecule has 0 saturated heterocycles. The molecule has 0 saturated carbocycles. The average Bonchev–Trinajstić information content (AvgIpc) is 3.51. The Morgan fingerprint density at radius 2 is 0.553 bits per heavy atom. The number of allylic oxidation sites excluding steroid dienone is 3. The quantitative estimate of drug-likeness (QED) is 0.0320. The van der Waals surface area contributed by atoms with Crippen molar-refractivity contribution in [2.75, 3.05) is 13.2 Å². The smallest absolute Gasteiger partial charge is 0.305 e. The van der Waals surface area contributed by atoms with Gasteiger partial charge in [0.15, 0.2) is 0 Å². The van der Waals surface area contributed by atoms with E-state index in [1.807, 2.05) is 6.08 Å². The predicted molar refractivity (Wildman–Crippen MR) is 375 cm³/mol. The maximum absolute atomic E-state index is 12.5. The van der Waals surface area contributed by atoms with E-state index in [4.69, 9.17) is 4.74 Å². The molecule has 0 radical (unpaired) electrons. The Morgan fingerprint density at radius 1 is 0.318 bits per heavy atom. The Kier molecular flexibility index (Phi) is 73.3. The van der Waals surface area contributed by atoms with Gasteiger partial charge in [0.2, 0.25) is 5.91 Å². The molecule has 0 aliphatic heterocycles. The number of nitrogens with one attached hydrogen (secondary N) is 1. The van der Waals surface area contributed by atoms with Crippen LogP contribution in [0, 0.1) is 0 Å². The minimum Gasteiger partial charge on any atom is -0.466 e. The number of aliphatic hydroxyl groups is 2. The van der Waals surface area contributed by atoms with E-state index in [9.17, 15) is 19.8 Å². The highest BCUT2D eigenvalue weighted by Crippen LogP contribution is 2.20. The van der Waals surface area contributed by atoms with E-state index in [-0.39, 0.29) is 18.5 Å². The lowest BCUT2D eigenvalue weighted by molar-refractivity contribution is -0.143. The van der Waals surface area contributed by atoms with Crippen molar-refractivity contribution in [2.45, 2.75) is 456 Å². The van der Waals surface area contributed by atoms with E-state index in [1.165, 1.54) is 379 Å². The first-order valence-electron chi connectivity index (χ1n) is 39.1. The van der Waals surface area contributed by atoms with Gasteiger partial charge in [0.05, 0.1) is 25.4 Å². The highest BCUT2D eigenvalue weighted by Gasteiger charge is 2.18. The summed E-state index contributed by atoms with van der Waals surface area (Å²) in [4.78, 5) is 24.6. The molecular weight excluding hydrogens is 1040 g/mol. The van der Waals surface area contributed by atoms with Crippen LogP contribution in [0.5, 0.6) is 0 Å². The first kappa shape index (κ1) is 83.3. The minimum atomic E-state index is -0.842. The van der Waals surface area contributed by atoms with Gasteiger partial charge >= 0.3 is 5.97 Å². The van der Waals surface area contributed by atoms with Crippen molar-refractivity contribution in [1.82, 2.24) is 5.32 Å². The van der Waals surface area contributed by atoms with Crippen LogP contribution in [0.1, 0.15) is 444 Å². The molecule has 0 aromatic heterocycles. The summed E-state index contributed by atoms with van der Waals surface area (Å²) in [7, 11) is 0. The lowest BCUT2D eigenvalue weighted by atomic mass is 10.0. The van der Waals surface area contributed by atoms with E-state index in [1.54, 1.807) is 6.08 Å². The number of amides is 1.